The quantitative estimate of drug-likeness (QED) is 0.165. The fourth-order valence-corrected chi connectivity index (χ4v) is 9.18. The Labute approximate surface area is 310 Å². The average molecular weight is 679 g/mol. The van der Waals surface area contributed by atoms with Crippen molar-refractivity contribution in [3.63, 3.8) is 0 Å². The number of rotatable bonds is 6. The van der Waals surface area contributed by atoms with Gasteiger partial charge in [0.05, 0.1) is 11.2 Å². The summed E-state index contributed by atoms with van der Waals surface area (Å²) in [6.07, 6.45) is 16.3. The van der Waals surface area contributed by atoms with E-state index < -0.39 is 0 Å². The van der Waals surface area contributed by atoms with E-state index in [1.165, 1.54) is 106 Å². The molecule has 2 unspecified atom stereocenters. The molecule has 260 valence electrons. The van der Waals surface area contributed by atoms with E-state index in [1.54, 1.807) is 0 Å². The molecule has 0 spiro atoms. The van der Waals surface area contributed by atoms with Crippen LogP contribution in [0.5, 0.6) is 0 Å². The van der Waals surface area contributed by atoms with Crippen molar-refractivity contribution in [2.45, 2.75) is 86.6 Å². The summed E-state index contributed by atoms with van der Waals surface area (Å²) in [6, 6.07) is 28.5. The van der Waals surface area contributed by atoms with Gasteiger partial charge in [0.25, 0.3) is 0 Å². The highest BCUT2D eigenvalue weighted by Crippen LogP contribution is 2.59. The Kier molecular flexibility index (Phi) is 7.56. The zero-order valence-electron chi connectivity index (χ0n) is 32.1. The molecule has 52 heavy (non-hydrogen) atoms. The van der Waals surface area contributed by atoms with E-state index in [2.05, 4.69) is 168 Å². The number of fused-ring (bicyclic) bond motifs is 1. The van der Waals surface area contributed by atoms with E-state index >= 15 is 0 Å². The topological polar surface area (TPSA) is 6.48 Å². The zero-order chi connectivity index (χ0) is 36.1. The molecule has 0 saturated heterocycles. The van der Waals surface area contributed by atoms with Gasteiger partial charge in [-0.3, -0.25) is 0 Å². The number of hydrogen-bond acceptors (Lipinski definition) is 2. The fourth-order valence-electron chi connectivity index (χ4n) is 9.18. The lowest BCUT2D eigenvalue weighted by molar-refractivity contribution is 0.734. The Bertz CT molecular complexity index is 2520. The maximum atomic E-state index is 2.74. The molecule has 0 amide bonds. The number of aryl methyl sites for hydroxylation is 6. The van der Waals surface area contributed by atoms with E-state index in [1.807, 2.05) is 0 Å². The van der Waals surface area contributed by atoms with Crippen LogP contribution in [0.25, 0.3) is 21.5 Å². The molecule has 0 aliphatic heterocycles. The largest absolute Gasteiger partial charge is 0.331 e. The van der Waals surface area contributed by atoms with Gasteiger partial charge in [0.1, 0.15) is 0 Å². The van der Waals surface area contributed by atoms with Gasteiger partial charge in [-0.1, -0.05) is 83.0 Å². The lowest BCUT2D eigenvalue weighted by Crippen LogP contribution is -2.36. The van der Waals surface area contributed by atoms with Crippen LogP contribution in [-0.2, 0) is 12.8 Å². The number of allylic oxidation sites excluding steroid dienone is 7. The molecule has 1 saturated carbocycles. The summed E-state index contributed by atoms with van der Waals surface area (Å²) in [4.78, 5) is 5.25. The van der Waals surface area contributed by atoms with Gasteiger partial charge in [0.15, 0.2) is 0 Å². The summed E-state index contributed by atoms with van der Waals surface area (Å²) in [7, 11) is 0. The van der Waals surface area contributed by atoms with Gasteiger partial charge >= 0.3 is 0 Å². The third-order valence-corrected chi connectivity index (χ3v) is 13.0. The van der Waals surface area contributed by atoms with Gasteiger partial charge in [0.2, 0.25) is 0 Å². The van der Waals surface area contributed by atoms with Crippen molar-refractivity contribution < 1.29 is 0 Å². The number of benzene rings is 5. The van der Waals surface area contributed by atoms with Crippen molar-refractivity contribution in [2.24, 2.45) is 5.92 Å². The summed E-state index contributed by atoms with van der Waals surface area (Å²) >= 11 is 0. The Morgan fingerprint density at radius 1 is 0.635 bits per heavy atom. The van der Waals surface area contributed by atoms with E-state index in [0.29, 0.717) is 5.92 Å². The third-order valence-electron chi connectivity index (χ3n) is 13.0. The predicted octanol–water partition coefficient (Wildman–Crippen LogP) is 13.4. The van der Waals surface area contributed by atoms with E-state index in [4.69, 9.17) is 0 Å². The number of hydrogen-bond donors (Lipinski definition) is 0. The van der Waals surface area contributed by atoms with E-state index in [-0.39, 0.29) is 5.54 Å². The SMILES string of the molecule is CC1=CC2CC2(N(c2ccc(C)c(C)c2)c2ccc3ccc4c(N(C5=CCC(C)=C(C)C=C5)c5ccc(C)c(C)c5)ccc5c4c3c2CC5)C=C1C. The van der Waals surface area contributed by atoms with Crippen molar-refractivity contribution in [1.29, 1.82) is 0 Å². The molecule has 4 aliphatic rings. The molecule has 0 aromatic heterocycles. The highest BCUT2D eigenvalue weighted by atomic mass is 15.3. The lowest BCUT2D eigenvalue weighted by atomic mass is 9.83. The Hall–Kier alpha value is -5.08. The van der Waals surface area contributed by atoms with Gasteiger partial charge in [-0.05, 0) is 173 Å². The summed E-state index contributed by atoms with van der Waals surface area (Å²) in [5.74, 6) is 0.521. The van der Waals surface area contributed by atoms with Gasteiger partial charge in [-0.15, -0.1) is 0 Å². The predicted molar refractivity (Wildman–Crippen MR) is 224 cm³/mol. The highest BCUT2D eigenvalue weighted by Gasteiger charge is 2.58. The summed E-state index contributed by atoms with van der Waals surface area (Å²) in [6.45, 7) is 18.0. The molecule has 0 bridgehead atoms. The lowest BCUT2D eigenvalue weighted by Gasteiger charge is -2.38. The average Bonchev–Trinajstić information content (AvgIpc) is 3.87. The van der Waals surface area contributed by atoms with Crippen molar-refractivity contribution in [3.05, 3.63) is 165 Å². The minimum Gasteiger partial charge on any atom is -0.331 e. The second-order valence-electron chi connectivity index (χ2n) is 16.2. The van der Waals surface area contributed by atoms with Gasteiger partial charge < -0.3 is 9.80 Å². The van der Waals surface area contributed by atoms with Crippen molar-refractivity contribution in [3.8, 4) is 0 Å². The fraction of sp³-hybridized carbons (Fsp3) is 0.280. The first-order valence-electron chi connectivity index (χ1n) is 19.2. The van der Waals surface area contributed by atoms with Crippen molar-refractivity contribution >= 4 is 44.3 Å². The van der Waals surface area contributed by atoms with Crippen LogP contribution in [0.1, 0.15) is 73.9 Å². The molecule has 1 fully saturated rings. The molecule has 0 radical (unpaired) electrons. The Morgan fingerprint density at radius 2 is 1.35 bits per heavy atom. The van der Waals surface area contributed by atoms with Crippen LogP contribution in [0.15, 0.2) is 131 Å². The van der Waals surface area contributed by atoms with Crippen LogP contribution in [0.4, 0.5) is 22.7 Å². The van der Waals surface area contributed by atoms with Crippen LogP contribution in [-0.4, -0.2) is 5.54 Å². The monoisotopic (exact) mass is 678 g/mol. The highest BCUT2D eigenvalue weighted by molar-refractivity contribution is 6.17. The van der Waals surface area contributed by atoms with Crippen LogP contribution in [0, 0.1) is 33.6 Å². The molecule has 2 atom stereocenters. The first-order valence-corrected chi connectivity index (χ1v) is 19.2. The van der Waals surface area contributed by atoms with Gasteiger partial charge in [0, 0.05) is 34.1 Å². The second-order valence-corrected chi connectivity index (χ2v) is 16.2. The summed E-state index contributed by atoms with van der Waals surface area (Å²) in [5, 5.41) is 5.52. The molecule has 5 aromatic rings. The van der Waals surface area contributed by atoms with E-state index in [0.717, 1.165) is 25.7 Å². The Morgan fingerprint density at radius 3 is 2.12 bits per heavy atom. The van der Waals surface area contributed by atoms with Crippen molar-refractivity contribution in [1.82, 2.24) is 0 Å². The van der Waals surface area contributed by atoms with Gasteiger partial charge in [-0.25, -0.2) is 0 Å². The molecule has 0 N–H and O–H groups in total. The van der Waals surface area contributed by atoms with Crippen LogP contribution < -0.4 is 9.80 Å². The van der Waals surface area contributed by atoms with E-state index in [9.17, 15) is 0 Å². The first-order chi connectivity index (χ1) is 25.0. The zero-order valence-corrected chi connectivity index (χ0v) is 32.1. The number of nitrogens with zero attached hydrogens (tertiary/aromatic N) is 2. The molecule has 4 aliphatic carbocycles. The number of anilines is 4. The maximum Gasteiger partial charge on any atom is 0.0709 e. The summed E-state index contributed by atoms with van der Waals surface area (Å²) < 4.78 is 0. The first kappa shape index (κ1) is 32.8. The normalized spacial score (nSPS) is 20.5. The minimum atomic E-state index is -0.0335. The smallest absolute Gasteiger partial charge is 0.0709 e. The molecular formula is C50H50N2. The minimum absolute atomic E-state index is 0.0335. The molecule has 0 heterocycles. The maximum absolute atomic E-state index is 2.74. The van der Waals surface area contributed by atoms with Crippen LogP contribution >= 0.6 is 0 Å². The molecule has 9 rings (SSSR count). The third kappa shape index (κ3) is 5.06. The molecule has 5 aromatic carbocycles. The molecular weight excluding hydrogens is 629 g/mol. The van der Waals surface area contributed by atoms with Gasteiger partial charge in [-0.2, -0.15) is 0 Å². The molecule has 2 heteroatoms. The van der Waals surface area contributed by atoms with Crippen molar-refractivity contribution in [2.75, 3.05) is 9.80 Å². The Balaban J connectivity index is 1.29. The second kappa shape index (κ2) is 12.0. The standard InChI is InChI=1S/C50H50N2/c1-30-9-17-41(18-10-31(30)2)51(42-19-11-32(3)35(6)26-42)46-23-15-38-14-22-45-47(24-16-39-13-21-44(46)48(38)49(39)45)52(43-20-12-33(4)36(7)27-43)50-28-37(8)34(5)25-40(50)29-50/h9,11-13,15-21,23-28,40H,10,14,22,29H2,1-8H3. The summed E-state index contributed by atoms with van der Waals surface area (Å²) in [5.41, 5.74) is 20.2. The van der Waals surface area contributed by atoms with Crippen LogP contribution in [0.3, 0.4) is 0 Å². The van der Waals surface area contributed by atoms with Crippen LogP contribution in [0.2, 0.25) is 0 Å². The molecule has 2 nitrogen and oxygen atoms in total.